The topological polar surface area (TPSA) is 50.7 Å². The lowest BCUT2D eigenvalue weighted by Gasteiger charge is -2.24. The molecule has 0 fully saturated rings. The molecule has 0 radical (unpaired) electrons. The van der Waals surface area contributed by atoms with E-state index in [9.17, 15) is 5.11 Å². The van der Waals surface area contributed by atoms with Gasteiger partial charge < -0.3 is 19.9 Å². The molecule has 108 valence electrons. The maximum Gasteiger partial charge on any atom is 0.162 e. The standard InChI is InChI=1S/C14H22BrNO3/c1-5-19-13-7-11(15)10(6-12(13)18-4)8-16-14(2,3)9-17/h6-7,16-17H,5,8-9H2,1-4H3. The summed E-state index contributed by atoms with van der Waals surface area (Å²) < 4.78 is 11.8. The van der Waals surface area contributed by atoms with Gasteiger partial charge in [-0.25, -0.2) is 0 Å². The molecule has 4 nitrogen and oxygen atoms in total. The third-order valence-corrected chi connectivity index (χ3v) is 3.52. The highest BCUT2D eigenvalue weighted by Crippen LogP contribution is 2.33. The van der Waals surface area contributed by atoms with Crippen molar-refractivity contribution in [3.63, 3.8) is 0 Å². The van der Waals surface area contributed by atoms with Crippen molar-refractivity contribution in [1.82, 2.24) is 5.32 Å². The summed E-state index contributed by atoms with van der Waals surface area (Å²) in [6.45, 7) is 7.15. The summed E-state index contributed by atoms with van der Waals surface area (Å²) in [5.41, 5.74) is 0.743. The minimum absolute atomic E-state index is 0.0821. The first-order chi connectivity index (χ1) is 8.93. The van der Waals surface area contributed by atoms with Gasteiger partial charge in [-0.05, 0) is 38.5 Å². The molecular weight excluding hydrogens is 310 g/mol. The first kappa shape index (κ1) is 16.3. The van der Waals surface area contributed by atoms with Gasteiger partial charge in [-0.2, -0.15) is 0 Å². The highest BCUT2D eigenvalue weighted by Gasteiger charge is 2.17. The molecule has 0 aliphatic rings. The third kappa shape index (κ3) is 4.67. The Morgan fingerprint density at radius 1 is 1.32 bits per heavy atom. The van der Waals surface area contributed by atoms with Crippen LogP contribution in [-0.2, 0) is 6.54 Å². The summed E-state index contributed by atoms with van der Waals surface area (Å²) in [4.78, 5) is 0. The summed E-state index contributed by atoms with van der Waals surface area (Å²) >= 11 is 3.53. The molecule has 1 aromatic carbocycles. The Bertz CT molecular complexity index is 421. The normalized spacial score (nSPS) is 11.5. The predicted octanol–water partition coefficient (Wildman–Crippen LogP) is 2.72. The number of hydrogen-bond donors (Lipinski definition) is 2. The van der Waals surface area contributed by atoms with Gasteiger partial charge in [0.15, 0.2) is 11.5 Å². The van der Waals surface area contributed by atoms with Crippen molar-refractivity contribution >= 4 is 15.9 Å². The Kier molecular flexibility index (Phi) is 6.10. The first-order valence-corrected chi connectivity index (χ1v) is 7.08. The van der Waals surface area contributed by atoms with Gasteiger partial charge in [-0.1, -0.05) is 15.9 Å². The minimum atomic E-state index is -0.314. The van der Waals surface area contributed by atoms with E-state index in [0.29, 0.717) is 18.9 Å². The summed E-state index contributed by atoms with van der Waals surface area (Å²) in [7, 11) is 1.63. The third-order valence-electron chi connectivity index (χ3n) is 2.79. The zero-order valence-electron chi connectivity index (χ0n) is 11.9. The predicted molar refractivity (Wildman–Crippen MR) is 79.9 cm³/mol. The van der Waals surface area contributed by atoms with Crippen LogP contribution in [0.15, 0.2) is 16.6 Å². The highest BCUT2D eigenvalue weighted by atomic mass is 79.9. The molecule has 0 amide bonds. The second-order valence-corrected chi connectivity index (χ2v) is 5.78. The van der Waals surface area contributed by atoms with Crippen molar-refractivity contribution in [2.24, 2.45) is 0 Å². The Labute approximate surface area is 123 Å². The Morgan fingerprint density at radius 3 is 2.53 bits per heavy atom. The maximum absolute atomic E-state index is 9.24. The van der Waals surface area contributed by atoms with E-state index >= 15 is 0 Å². The molecule has 0 saturated heterocycles. The van der Waals surface area contributed by atoms with Crippen LogP contribution in [0.3, 0.4) is 0 Å². The van der Waals surface area contributed by atoms with Crippen molar-refractivity contribution < 1.29 is 14.6 Å². The second kappa shape index (κ2) is 7.12. The van der Waals surface area contributed by atoms with Crippen molar-refractivity contribution in [3.05, 3.63) is 22.2 Å². The lowest BCUT2D eigenvalue weighted by Crippen LogP contribution is -2.42. The van der Waals surface area contributed by atoms with Gasteiger partial charge in [-0.3, -0.25) is 0 Å². The number of ether oxygens (including phenoxy) is 2. The summed E-state index contributed by atoms with van der Waals surface area (Å²) in [5.74, 6) is 1.44. The fourth-order valence-electron chi connectivity index (χ4n) is 1.53. The maximum atomic E-state index is 9.24. The van der Waals surface area contributed by atoms with Crippen LogP contribution in [0.4, 0.5) is 0 Å². The average molecular weight is 332 g/mol. The molecule has 0 spiro atoms. The number of nitrogens with one attached hydrogen (secondary N) is 1. The van der Waals surface area contributed by atoms with Crippen molar-refractivity contribution in [3.8, 4) is 11.5 Å². The van der Waals surface area contributed by atoms with E-state index in [-0.39, 0.29) is 12.1 Å². The molecule has 0 heterocycles. The van der Waals surface area contributed by atoms with Crippen LogP contribution in [0.25, 0.3) is 0 Å². The van der Waals surface area contributed by atoms with E-state index in [1.807, 2.05) is 32.9 Å². The van der Waals surface area contributed by atoms with Gasteiger partial charge in [0.1, 0.15) is 0 Å². The van der Waals surface area contributed by atoms with E-state index < -0.39 is 0 Å². The van der Waals surface area contributed by atoms with E-state index in [2.05, 4.69) is 21.2 Å². The Morgan fingerprint density at radius 2 is 2.00 bits per heavy atom. The molecule has 0 bridgehead atoms. The number of benzene rings is 1. The molecule has 1 rings (SSSR count). The van der Waals surface area contributed by atoms with Gasteiger partial charge in [0.05, 0.1) is 20.3 Å². The molecular formula is C14H22BrNO3. The van der Waals surface area contributed by atoms with Gasteiger partial charge in [0, 0.05) is 16.6 Å². The molecule has 0 saturated carbocycles. The molecule has 0 unspecified atom stereocenters. The Balaban J connectivity index is 2.90. The van der Waals surface area contributed by atoms with Crippen molar-refractivity contribution in [2.45, 2.75) is 32.9 Å². The Hall–Kier alpha value is -0.780. The van der Waals surface area contributed by atoms with E-state index in [1.54, 1.807) is 7.11 Å². The first-order valence-electron chi connectivity index (χ1n) is 6.28. The SMILES string of the molecule is CCOc1cc(Br)c(CNC(C)(C)CO)cc1OC. The van der Waals surface area contributed by atoms with Crippen LogP contribution >= 0.6 is 15.9 Å². The van der Waals surface area contributed by atoms with Crippen LogP contribution < -0.4 is 14.8 Å². The number of aliphatic hydroxyl groups excluding tert-OH is 1. The quantitative estimate of drug-likeness (QED) is 0.806. The zero-order chi connectivity index (χ0) is 14.5. The summed E-state index contributed by atoms with van der Waals surface area (Å²) in [6.07, 6.45) is 0. The summed E-state index contributed by atoms with van der Waals surface area (Å²) in [5, 5.41) is 12.5. The van der Waals surface area contributed by atoms with Gasteiger partial charge in [0.2, 0.25) is 0 Å². The summed E-state index contributed by atoms with van der Waals surface area (Å²) in [6, 6.07) is 3.85. The van der Waals surface area contributed by atoms with Gasteiger partial charge in [0.25, 0.3) is 0 Å². The number of aliphatic hydroxyl groups is 1. The fourth-order valence-corrected chi connectivity index (χ4v) is 1.99. The molecule has 0 aliphatic heterocycles. The fraction of sp³-hybridized carbons (Fsp3) is 0.571. The van der Waals surface area contributed by atoms with Crippen LogP contribution in [0.1, 0.15) is 26.3 Å². The van der Waals surface area contributed by atoms with Crippen LogP contribution in [0, 0.1) is 0 Å². The van der Waals surface area contributed by atoms with Crippen LogP contribution in [0.2, 0.25) is 0 Å². The lowest BCUT2D eigenvalue weighted by atomic mass is 10.1. The second-order valence-electron chi connectivity index (χ2n) is 4.92. The zero-order valence-corrected chi connectivity index (χ0v) is 13.5. The monoisotopic (exact) mass is 331 g/mol. The molecule has 0 aromatic heterocycles. The molecule has 1 aromatic rings. The van der Waals surface area contributed by atoms with Crippen molar-refractivity contribution in [1.29, 1.82) is 0 Å². The van der Waals surface area contributed by atoms with E-state index in [4.69, 9.17) is 9.47 Å². The lowest BCUT2D eigenvalue weighted by molar-refractivity contribution is 0.187. The van der Waals surface area contributed by atoms with E-state index in [0.717, 1.165) is 15.8 Å². The average Bonchev–Trinajstić information content (AvgIpc) is 2.38. The molecule has 0 atom stereocenters. The molecule has 5 heteroatoms. The van der Waals surface area contributed by atoms with Gasteiger partial charge in [-0.15, -0.1) is 0 Å². The van der Waals surface area contributed by atoms with Crippen molar-refractivity contribution in [2.75, 3.05) is 20.3 Å². The molecule has 0 aliphatic carbocycles. The number of rotatable bonds is 7. The largest absolute Gasteiger partial charge is 0.493 e. The number of methoxy groups -OCH3 is 1. The minimum Gasteiger partial charge on any atom is -0.493 e. The number of hydrogen-bond acceptors (Lipinski definition) is 4. The smallest absolute Gasteiger partial charge is 0.162 e. The van der Waals surface area contributed by atoms with Crippen LogP contribution in [0.5, 0.6) is 11.5 Å². The van der Waals surface area contributed by atoms with Gasteiger partial charge >= 0.3 is 0 Å². The van der Waals surface area contributed by atoms with Crippen LogP contribution in [-0.4, -0.2) is 31.0 Å². The molecule has 2 N–H and O–H groups in total. The molecule has 19 heavy (non-hydrogen) atoms. The highest BCUT2D eigenvalue weighted by molar-refractivity contribution is 9.10. The number of halogens is 1. The van der Waals surface area contributed by atoms with E-state index in [1.165, 1.54) is 0 Å².